The fourth-order valence-electron chi connectivity index (χ4n) is 4.28. The molecule has 0 bridgehead atoms. The Bertz CT molecular complexity index is 1050. The molecule has 162 valence electrons. The summed E-state index contributed by atoms with van der Waals surface area (Å²) in [5.74, 6) is 0.119. The predicted octanol–water partition coefficient (Wildman–Crippen LogP) is 3.86. The highest BCUT2D eigenvalue weighted by Crippen LogP contribution is 2.39. The summed E-state index contributed by atoms with van der Waals surface area (Å²) < 4.78 is 24.2. The van der Waals surface area contributed by atoms with Crippen LogP contribution in [0.15, 0.2) is 48.2 Å². The lowest BCUT2D eigenvalue weighted by atomic mass is 9.98. The first-order valence-corrected chi connectivity index (χ1v) is 10.3. The van der Waals surface area contributed by atoms with Gasteiger partial charge in [-0.2, -0.15) is 0 Å². The second-order valence-corrected chi connectivity index (χ2v) is 7.91. The fraction of sp³-hybridized carbons (Fsp3) is 0.333. The monoisotopic (exact) mass is 424 g/mol. The Hall–Kier alpha value is -3.35. The fourth-order valence-corrected chi connectivity index (χ4v) is 4.28. The number of likely N-dealkylation sites (tertiary alicyclic amines) is 1. The molecule has 7 heteroatoms. The van der Waals surface area contributed by atoms with Crippen molar-refractivity contribution in [3.05, 3.63) is 59.5 Å². The minimum atomic E-state index is -0.433. The number of halogens is 1. The number of ether oxygens (including phenoxy) is 2. The summed E-state index contributed by atoms with van der Waals surface area (Å²) in [4.78, 5) is 30.3. The molecular formula is C24H25FN2O4. The first-order valence-electron chi connectivity index (χ1n) is 10.3. The van der Waals surface area contributed by atoms with Crippen LogP contribution < -0.4 is 14.4 Å². The van der Waals surface area contributed by atoms with Crippen molar-refractivity contribution in [2.45, 2.75) is 19.8 Å². The maximum absolute atomic E-state index is 13.6. The number of carbonyl (C=O) groups excluding carboxylic acids is 2. The number of anilines is 1. The molecule has 4 rings (SSSR count). The Morgan fingerprint density at radius 3 is 2.32 bits per heavy atom. The van der Waals surface area contributed by atoms with E-state index >= 15 is 0 Å². The molecule has 0 N–H and O–H groups in total. The van der Waals surface area contributed by atoms with Gasteiger partial charge in [0.15, 0.2) is 11.5 Å². The van der Waals surface area contributed by atoms with Gasteiger partial charge in [0, 0.05) is 19.2 Å². The lowest BCUT2D eigenvalue weighted by Gasteiger charge is -2.33. The van der Waals surface area contributed by atoms with Gasteiger partial charge in [0.2, 0.25) is 0 Å². The number of benzene rings is 2. The Morgan fingerprint density at radius 1 is 0.968 bits per heavy atom. The average Bonchev–Trinajstić information content (AvgIpc) is 3.03. The number of imide groups is 1. The maximum atomic E-state index is 13.6. The molecule has 1 fully saturated rings. The lowest BCUT2D eigenvalue weighted by molar-refractivity contribution is -0.120. The van der Waals surface area contributed by atoms with E-state index in [9.17, 15) is 14.0 Å². The van der Waals surface area contributed by atoms with E-state index in [4.69, 9.17) is 9.47 Å². The number of methoxy groups -OCH3 is 2. The first-order chi connectivity index (χ1) is 14.9. The van der Waals surface area contributed by atoms with Gasteiger partial charge in [-0.15, -0.1) is 0 Å². The van der Waals surface area contributed by atoms with Crippen molar-refractivity contribution in [1.29, 1.82) is 0 Å². The Labute approximate surface area is 180 Å². The molecule has 1 unspecified atom stereocenters. The third-order valence-corrected chi connectivity index (χ3v) is 5.79. The van der Waals surface area contributed by atoms with Crippen LogP contribution in [-0.2, 0) is 9.59 Å². The zero-order valence-corrected chi connectivity index (χ0v) is 17.9. The molecule has 1 saturated heterocycles. The van der Waals surface area contributed by atoms with Gasteiger partial charge >= 0.3 is 0 Å². The van der Waals surface area contributed by atoms with E-state index in [2.05, 4.69) is 6.92 Å². The number of nitrogens with zero attached hydrogens (tertiary/aromatic N) is 2. The summed E-state index contributed by atoms with van der Waals surface area (Å²) in [6.07, 6.45) is 2.02. The average molecular weight is 424 g/mol. The quantitative estimate of drug-likeness (QED) is 0.683. The Balaban J connectivity index is 1.81. The van der Waals surface area contributed by atoms with Gasteiger partial charge in [0.1, 0.15) is 11.5 Å². The molecule has 0 radical (unpaired) electrons. The normalized spacial score (nSPS) is 19.3. The summed E-state index contributed by atoms with van der Waals surface area (Å²) in [6, 6.07) is 10.6. The van der Waals surface area contributed by atoms with Crippen molar-refractivity contribution in [3.8, 4) is 11.5 Å². The van der Waals surface area contributed by atoms with E-state index < -0.39 is 11.7 Å². The molecule has 0 aliphatic carbocycles. The topological polar surface area (TPSA) is 59.1 Å². The number of hydrogen-bond acceptors (Lipinski definition) is 5. The molecule has 2 aliphatic heterocycles. The molecule has 0 spiro atoms. The van der Waals surface area contributed by atoms with E-state index in [1.165, 1.54) is 26.4 Å². The molecule has 1 atom stereocenters. The summed E-state index contributed by atoms with van der Waals surface area (Å²) in [7, 11) is 3.02. The van der Waals surface area contributed by atoms with E-state index in [1.807, 2.05) is 4.90 Å². The molecule has 2 amide bonds. The zero-order valence-electron chi connectivity index (χ0n) is 17.9. The van der Waals surface area contributed by atoms with Crippen LogP contribution in [0.3, 0.4) is 0 Å². The van der Waals surface area contributed by atoms with Crippen LogP contribution in [0, 0.1) is 11.7 Å². The van der Waals surface area contributed by atoms with Crippen molar-refractivity contribution in [2.75, 3.05) is 32.2 Å². The van der Waals surface area contributed by atoms with E-state index in [0.717, 1.165) is 17.7 Å². The highest BCUT2D eigenvalue weighted by molar-refractivity contribution is 6.45. The summed E-state index contributed by atoms with van der Waals surface area (Å²) in [5, 5.41) is 0. The molecule has 0 saturated carbocycles. The van der Waals surface area contributed by atoms with Crippen molar-refractivity contribution in [3.63, 3.8) is 0 Å². The smallest absolute Gasteiger partial charge is 0.282 e. The molecule has 2 aromatic carbocycles. The van der Waals surface area contributed by atoms with Gasteiger partial charge in [-0.25, -0.2) is 9.29 Å². The number of hydrogen-bond donors (Lipinski definition) is 0. The highest BCUT2D eigenvalue weighted by Gasteiger charge is 2.43. The maximum Gasteiger partial charge on any atom is 0.282 e. The van der Waals surface area contributed by atoms with Gasteiger partial charge in [-0.1, -0.05) is 19.1 Å². The molecule has 0 aromatic heterocycles. The zero-order chi connectivity index (χ0) is 22.1. The minimum absolute atomic E-state index is 0.300. The molecule has 6 nitrogen and oxygen atoms in total. The molecule has 2 aromatic rings. The first kappa shape index (κ1) is 20.9. The number of amides is 2. The number of rotatable bonds is 5. The third-order valence-electron chi connectivity index (χ3n) is 5.79. The third kappa shape index (κ3) is 3.76. The standard InChI is InChI=1S/C24H25FN2O4/c1-15-5-4-12-26(14-15)22-21(16-6-8-17(25)9-7-16)23(28)27(24(22)29)18-10-11-19(30-2)20(13-18)31-3/h6-11,13,15H,4-5,12,14H2,1-3H3. The second kappa shape index (κ2) is 8.41. The predicted molar refractivity (Wildman–Crippen MR) is 115 cm³/mol. The number of carbonyl (C=O) groups is 2. The second-order valence-electron chi connectivity index (χ2n) is 7.91. The van der Waals surface area contributed by atoms with Crippen LogP contribution in [0.2, 0.25) is 0 Å². The largest absolute Gasteiger partial charge is 0.493 e. The van der Waals surface area contributed by atoms with Crippen molar-refractivity contribution < 1.29 is 23.5 Å². The Kier molecular flexibility index (Phi) is 5.67. The van der Waals surface area contributed by atoms with Gasteiger partial charge in [0.05, 0.1) is 25.5 Å². The van der Waals surface area contributed by atoms with E-state index in [1.54, 1.807) is 30.3 Å². The van der Waals surface area contributed by atoms with Crippen LogP contribution in [-0.4, -0.2) is 44.0 Å². The molecular weight excluding hydrogens is 399 g/mol. The lowest BCUT2D eigenvalue weighted by Crippen LogP contribution is -2.39. The Morgan fingerprint density at radius 2 is 1.68 bits per heavy atom. The summed E-state index contributed by atoms with van der Waals surface area (Å²) in [5.41, 5.74) is 1.59. The van der Waals surface area contributed by atoms with Crippen LogP contribution >= 0.6 is 0 Å². The van der Waals surface area contributed by atoms with Crippen LogP contribution in [0.4, 0.5) is 10.1 Å². The number of piperidine rings is 1. The van der Waals surface area contributed by atoms with Crippen molar-refractivity contribution >= 4 is 23.1 Å². The van der Waals surface area contributed by atoms with Crippen LogP contribution in [0.5, 0.6) is 11.5 Å². The molecule has 2 aliphatic rings. The van der Waals surface area contributed by atoms with Gasteiger partial charge in [-0.3, -0.25) is 9.59 Å². The van der Waals surface area contributed by atoms with Gasteiger partial charge in [0.25, 0.3) is 11.8 Å². The molecule has 31 heavy (non-hydrogen) atoms. The van der Waals surface area contributed by atoms with Crippen molar-refractivity contribution in [1.82, 2.24) is 4.90 Å². The van der Waals surface area contributed by atoms with Crippen LogP contribution in [0.25, 0.3) is 5.57 Å². The van der Waals surface area contributed by atoms with E-state index in [0.29, 0.717) is 53.0 Å². The van der Waals surface area contributed by atoms with E-state index in [-0.39, 0.29) is 5.91 Å². The van der Waals surface area contributed by atoms with Crippen molar-refractivity contribution in [2.24, 2.45) is 5.92 Å². The minimum Gasteiger partial charge on any atom is -0.493 e. The summed E-state index contributed by atoms with van der Waals surface area (Å²) >= 11 is 0. The highest BCUT2D eigenvalue weighted by atomic mass is 19.1. The van der Waals surface area contributed by atoms with Gasteiger partial charge in [-0.05, 0) is 48.6 Å². The summed E-state index contributed by atoms with van der Waals surface area (Å²) in [6.45, 7) is 3.53. The molecule has 2 heterocycles. The van der Waals surface area contributed by atoms with Gasteiger partial charge < -0.3 is 14.4 Å². The SMILES string of the molecule is COc1ccc(N2C(=O)C(c3ccc(F)cc3)=C(N3CCCC(C)C3)C2=O)cc1OC. The van der Waals surface area contributed by atoms with Crippen LogP contribution in [0.1, 0.15) is 25.3 Å².